The topological polar surface area (TPSA) is 76.8 Å². The van der Waals surface area contributed by atoms with Crippen molar-refractivity contribution in [1.82, 2.24) is 5.32 Å². The lowest BCUT2D eigenvalue weighted by Gasteiger charge is -2.35. The van der Waals surface area contributed by atoms with Crippen molar-refractivity contribution in [2.75, 3.05) is 30.8 Å². The molecule has 1 aliphatic rings. The standard InChI is InChI=1S/C18H29N3O3/c1-12-10-14(19)16(23-5)11-15(12)21-8-6-13(7-9-21)20-17(22)24-18(2,3)4/h10-11,13H,6-9,19H2,1-5H3,(H,20,22). The highest BCUT2D eigenvalue weighted by atomic mass is 16.6. The normalized spacial score (nSPS) is 16.0. The molecule has 2 rings (SSSR count). The van der Waals surface area contributed by atoms with Gasteiger partial charge in [-0.15, -0.1) is 0 Å². The average Bonchev–Trinajstić information content (AvgIpc) is 2.46. The summed E-state index contributed by atoms with van der Waals surface area (Å²) < 4.78 is 10.6. The van der Waals surface area contributed by atoms with Gasteiger partial charge in [0.05, 0.1) is 12.8 Å². The first-order valence-corrected chi connectivity index (χ1v) is 8.38. The highest BCUT2D eigenvalue weighted by Gasteiger charge is 2.24. The lowest BCUT2D eigenvalue weighted by atomic mass is 10.0. The SMILES string of the molecule is COc1cc(N2CCC(NC(=O)OC(C)(C)C)CC2)c(C)cc1N. The molecule has 0 aromatic heterocycles. The van der Waals surface area contributed by atoms with Gasteiger partial charge in [-0.25, -0.2) is 4.79 Å². The Bertz CT molecular complexity index is 588. The van der Waals surface area contributed by atoms with Crippen molar-refractivity contribution < 1.29 is 14.3 Å². The third-order valence-corrected chi connectivity index (χ3v) is 4.10. The zero-order valence-corrected chi connectivity index (χ0v) is 15.3. The van der Waals surface area contributed by atoms with E-state index in [-0.39, 0.29) is 12.1 Å². The van der Waals surface area contributed by atoms with Crippen molar-refractivity contribution in [3.63, 3.8) is 0 Å². The molecular weight excluding hydrogens is 306 g/mol. The molecule has 0 radical (unpaired) electrons. The van der Waals surface area contributed by atoms with E-state index in [2.05, 4.69) is 17.1 Å². The molecule has 6 heteroatoms. The number of anilines is 2. The van der Waals surface area contributed by atoms with E-state index < -0.39 is 5.60 Å². The van der Waals surface area contributed by atoms with Crippen LogP contribution in [-0.2, 0) is 4.74 Å². The minimum absolute atomic E-state index is 0.145. The minimum atomic E-state index is -0.470. The average molecular weight is 335 g/mol. The summed E-state index contributed by atoms with van der Waals surface area (Å²) in [6, 6.07) is 4.08. The molecule has 0 spiro atoms. The summed E-state index contributed by atoms with van der Waals surface area (Å²) in [4.78, 5) is 14.2. The van der Waals surface area contributed by atoms with Gasteiger partial charge >= 0.3 is 6.09 Å². The first kappa shape index (κ1) is 18.2. The molecular formula is C18H29N3O3. The van der Waals surface area contributed by atoms with E-state index in [4.69, 9.17) is 15.2 Å². The molecule has 24 heavy (non-hydrogen) atoms. The van der Waals surface area contributed by atoms with Crippen LogP contribution in [0.4, 0.5) is 16.2 Å². The third kappa shape index (κ3) is 4.69. The lowest BCUT2D eigenvalue weighted by molar-refractivity contribution is 0.0497. The number of nitrogen functional groups attached to an aromatic ring is 1. The number of nitrogens with zero attached hydrogens (tertiary/aromatic N) is 1. The van der Waals surface area contributed by atoms with Crippen LogP contribution in [-0.4, -0.2) is 37.9 Å². The molecule has 1 aromatic carbocycles. The van der Waals surface area contributed by atoms with E-state index >= 15 is 0 Å². The number of amides is 1. The van der Waals surface area contributed by atoms with Crippen molar-refractivity contribution in [3.8, 4) is 5.75 Å². The second-order valence-electron chi connectivity index (χ2n) is 7.29. The number of rotatable bonds is 3. The summed E-state index contributed by atoms with van der Waals surface area (Å²) in [6.45, 7) is 9.39. The van der Waals surface area contributed by atoms with Gasteiger partial charge in [0.15, 0.2) is 0 Å². The van der Waals surface area contributed by atoms with Crippen molar-refractivity contribution in [3.05, 3.63) is 17.7 Å². The molecule has 134 valence electrons. The fourth-order valence-corrected chi connectivity index (χ4v) is 2.96. The predicted octanol–water partition coefficient (Wildman–Crippen LogP) is 3.08. The Morgan fingerprint density at radius 1 is 1.29 bits per heavy atom. The van der Waals surface area contributed by atoms with E-state index in [9.17, 15) is 4.79 Å². The first-order valence-electron chi connectivity index (χ1n) is 8.38. The summed E-state index contributed by atoms with van der Waals surface area (Å²) in [5, 5.41) is 2.96. The Morgan fingerprint density at radius 3 is 2.46 bits per heavy atom. The van der Waals surface area contributed by atoms with Crippen LogP contribution in [0.25, 0.3) is 0 Å². The maximum absolute atomic E-state index is 11.9. The largest absolute Gasteiger partial charge is 0.495 e. The van der Waals surface area contributed by atoms with E-state index in [0.717, 1.165) is 37.2 Å². The van der Waals surface area contributed by atoms with Crippen molar-refractivity contribution in [2.45, 2.75) is 52.2 Å². The number of hydrogen-bond donors (Lipinski definition) is 2. The molecule has 1 aliphatic heterocycles. The van der Waals surface area contributed by atoms with Crippen LogP contribution in [0.2, 0.25) is 0 Å². The van der Waals surface area contributed by atoms with Crippen LogP contribution >= 0.6 is 0 Å². The number of methoxy groups -OCH3 is 1. The Labute approximate surface area is 144 Å². The van der Waals surface area contributed by atoms with Crippen LogP contribution in [0, 0.1) is 6.92 Å². The van der Waals surface area contributed by atoms with Gasteiger partial charge in [-0.1, -0.05) is 0 Å². The lowest BCUT2D eigenvalue weighted by Crippen LogP contribution is -2.46. The molecule has 0 unspecified atom stereocenters. The highest BCUT2D eigenvalue weighted by molar-refractivity contribution is 5.68. The molecule has 0 bridgehead atoms. The number of aryl methyl sites for hydroxylation is 1. The van der Waals surface area contributed by atoms with Gasteiger partial charge in [0, 0.05) is 30.9 Å². The number of hydrogen-bond acceptors (Lipinski definition) is 5. The van der Waals surface area contributed by atoms with E-state index in [1.54, 1.807) is 7.11 Å². The number of nitrogens with one attached hydrogen (secondary N) is 1. The van der Waals surface area contributed by atoms with Gasteiger partial charge < -0.3 is 25.4 Å². The third-order valence-electron chi connectivity index (χ3n) is 4.10. The van der Waals surface area contributed by atoms with E-state index in [0.29, 0.717) is 11.4 Å². The van der Waals surface area contributed by atoms with E-state index in [1.807, 2.05) is 32.9 Å². The van der Waals surface area contributed by atoms with Crippen molar-refractivity contribution >= 4 is 17.5 Å². The molecule has 6 nitrogen and oxygen atoms in total. The van der Waals surface area contributed by atoms with Gasteiger partial charge in [0.1, 0.15) is 11.4 Å². The number of carbonyl (C=O) groups excluding carboxylic acids is 1. The van der Waals surface area contributed by atoms with Crippen LogP contribution in [0.3, 0.4) is 0 Å². The Balaban J connectivity index is 1.95. The van der Waals surface area contributed by atoms with Gasteiger partial charge in [0.2, 0.25) is 0 Å². The van der Waals surface area contributed by atoms with Crippen LogP contribution < -0.4 is 20.7 Å². The molecule has 1 heterocycles. The summed E-state index contributed by atoms with van der Waals surface area (Å²) in [5.74, 6) is 0.699. The second kappa shape index (κ2) is 7.20. The number of alkyl carbamates (subject to hydrolysis) is 1. The Morgan fingerprint density at radius 2 is 1.92 bits per heavy atom. The number of nitrogens with two attached hydrogens (primary N) is 1. The first-order chi connectivity index (χ1) is 11.2. The maximum atomic E-state index is 11.9. The van der Waals surface area contributed by atoms with Crippen molar-refractivity contribution in [1.29, 1.82) is 0 Å². The molecule has 3 N–H and O–H groups in total. The predicted molar refractivity (Wildman–Crippen MR) is 96.7 cm³/mol. The van der Waals surface area contributed by atoms with Crippen molar-refractivity contribution in [2.24, 2.45) is 0 Å². The molecule has 1 fully saturated rings. The summed E-state index contributed by atoms with van der Waals surface area (Å²) in [7, 11) is 1.63. The second-order valence-corrected chi connectivity index (χ2v) is 7.29. The van der Waals surface area contributed by atoms with Gasteiger partial charge in [-0.05, 0) is 52.2 Å². The van der Waals surface area contributed by atoms with Gasteiger partial charge in [0.25, 0.3) is 0 Å². The molecule has 0 aliphatic carbocycles. The fraction of sp³-hybridized carbons (Fsp3) is 0.611. The zero-order chi connectivity index (χ0) is 17.9. The summed E-state index contributed by atoms with van der Waals surface area (Å²) >= 11 is 0. The highest BCUT2D eigenvalue weighted by Crippen LogP contribution is 2.32. The number of carbonyl (C=O) groups is 1. The Kier molecular flexibility index (Phi) is 5.47. The molecule has 1 aromatic rings. The van der Waals surface area contributed by atoms with Gasteiger partial charge in [-0.2, -0.15) is 0 Å². The molecule has 0 atom stereocenters. The molecule has 1 saturated heterocycles. The summed E-state index contributed by atoms with van der Waals surface area (Å²) in [6.07, 6.45) is 1.42. The molecule has 0 saturated carbocycles. The fourth-order valence-electron chi connectivity index (χ4n) is 2.96. The van der Waals surface area contributed by atoms with Crippen LogP contribution in [0.5, 0.6) is 5.75 Å². The minimum Gasteiger partial charge on any atom is -0.495 e. The monoisotopic (exact) mass is 335 g/mol. The summed E-state index contributed by atoms with van der Waals surface area (Å²) in [5.41, 5.74) is 8.40. The van der Waals surface area contributed by atoms with E-state index in [1.165, 1.54) is 0 Å². The quantitative estimate of drug-likeness (QED) is 0.830. The Hall–Kier alpha value is -2.11. The number of benzene rings is 1. The zero-order valence-electron chi connectivity index (χ0n) is 15.3. The van der Waals surface area contributed by atoms with Gasteiger partial charge in [-0.3, -0.25) is 0 Å². The number of ether oxygens (including phenoxy) is 2. The maximum Gasteiger partial charge on any atom is 0.407 e. The molecule has 1 amide bonds. The smallest absolute Gasteiger partial charge is 0.407 e. The number of piperidine rings is 1. The van der Waals surface area contributed by atoms with Crippen LogP contribution in [0.15, 0.2) is 12.1 Å². The van der Waals surface area contributed by atoms with Crippen LogP contribution in [0.1, 0.15) is 39.2 Å².